The van der Waals surface area contributed by atoms with Gasteiger partial charge in [0, 0.05) is 25.1 Å². The molecule has 116 valence electrons. The van der Waals surface area contributed by atoms with Crippen molar-refractivity contribution >= 4 is 5.97 Å². The zero-order chi connectivity index (χ0) is 15.8. The van der Waals surface area contributed by atoms with E-state index < -0.39 is 17.8 Å². The molecule has 0 amide bonds. The van der Waals surface area contributed by atoms with Gasteiger partial charge in [-0.15, -0.1) is 0 Å². The van der Waals surface area contributed by atoms with Gasteiger partial charge >= 0.3 is 5.97 Å². The first-order chi connectivity index (χ1) is 9.75. The Balaban J connectivity index is 2.46. The van der Waals surface area contributed by atoms with Gasteiger partial charge in [-0.2, -0.15) is 0 Å². The molecule has 0 bridgehead atoms. The predicted molar refractivity (Wildman–Crippen MR) is 73.8 cm³/mol. The average molecular weight is 299 g/mol. The van der Waals surface area contributed by atoms with Crippen LogP contribution in [0.15, 0.2) is 12.1 Å². The number of benzene rings is 1. The van der Waals surface area contributed by atoms with Gasteiger partial charge in [0.1, 0.15) is 5.75 Å². The van der Waals surface area contributed by atoms with Crippen LogP contribution in [0.5, 0.6) is 5.75 Å². The summed E-state index contributed by atoms with van der Waals surface area (Å²) in [6, 6.07) is 2.70. The molecule has 0 spiro atoms. The maximum Gasteiger partial charge on any atom is 0.307 e. The fourth-order valence-electron chi connectivity index (χ4n) is 2.84. The second-order valence-corrected chi connectivity index (χ2v) is 5.50. The SMILES string of the molecule is COc1c(C(C)(F)F)ccc(C)c1C1CC(C(=O)O)CN1. The molecule has 0 saturated carbocycles. The Kier molecular flexibility index (Phi) is 4.18. The van der Waals surface area contributed by atoms with Crippen LogP contribution in [0.25, 0.3) is 0 Å². The van der Waals surface area contributed by atoms with E-state index in [-0.39, 0.29) is 17.4 Å². The standard InChI is InChI=1S/C15H19F2NO3/c1-8-4-5-10(15(2,16)17)13(21-3)12(8)11-6-9(7-18-11)14(19)20/h4-5,9,11,18H,6-7H2,1-3H3,(H,19,20). The molecule has 1 aromatic carbocycles. The number of aliphatic carboxylic acids is 1. The maximum atomic E-state index is 13.7. The van der Waals surface area contributed by atoms with E-state index in [2.05, 4.69) is 5.32 Å². The van der Waals surface area contributed by atoms with Gasteiger partial charge in [-0.3, -0.25) is 4.79 Å². The molecule has 2 N–H and O–H groups in total. The van der Waals surface area contributed by atoms with Crippen LogP contribution < -0.4 is 10.1 Å². The molecular weight excluding hydrogens is 280 g/mol. The molecule has 1 saturated heterocycles. The van der Waals surface area contributed by atoms with Crippen LogP contribution in [0.3, 0.4) is 0 Å². The summed E-state index contributed by atoms with van der Waals surface area (Å²) in [6.07, 6.45) is 0.366. The first-order valence-electron chi connectivity index (χ1n) is 6.77. The van der Waals surface area contributed by atoms with Gasteiger partial charge in [0.2, 0.25) is 0 Å². The zero-order valence-electron chi connectivity index (χ0n) is 12.2. The Morgan fingerprint density at radius 3 is 2.62 bits per heavy atom. The molecule has 0 aliphatic carbocycles. The molecule has 1 fully saturated rings. The van der Waals surface area contributed by atoms with Gasteiger partial charge in [0.15, 0.2) is 0 Å². The van der Waals surface area contributed by atoms with Crippen LogP contribution in [0, 0.1) is 12.8 Å². The number of carbonyl (C=O) groups is 1. The molecule has 4 nitrogen and oxygen atoms in total. The highest BCUT2D eigenvalue weighted by atomic mass is 19.3. The molecule has 2 unspecified atom stereocenters. The average Bonchev–Trinajstić information content (AvgIpc) is 2.86. The number of halogens is 2. The van der Waals surface area contributed by atoms with E-state index in [1.165, 1.54) is 13.2 Å². The van der Waals surface area contributed by atoms with Gasteiger partial charge in [-0.05, 0) is 25.0 Å². The molecule has 1 aromatic rings. The highest BCUT2D eigenvalue weighted by Gasteiger charge is 2.36. The van der Waals surface area contributed by atoms with Crippen LogP contribution in [0.2, 0.25) is 0 Å². The molecule has 1 heterocycles. The summed E-state index contributed by atoms with van der Waals surface area (Å²) in [5, 5.41) is 12.2. The molecule has 1 aliphatic rings. The van der Waals surface area contributed by atoms with E-state index in [9.17, 15) is 13.6 Å². The normalized spacial score (nSPS) is 22.3. The zero-order valence-corrected chi connectivity index (χ0v) is 12.2. The monoisotopic (exact) mass is 299 g/mol. The van der Waals surface area contributed by atoms with Crippen LogP contribution in [-0.4, -0.2) is 24.7 Å². The largest absolute Gasteiger partial charge is 0.496 e. The van der Waals surface area contributed by atoms with Gasteiger partial charge in [-0.1, -0.05) is 6.07 Å². The lowest BCUT2D eigenvalue weighted by Gasteiger charge is -2.23. The highest BCUT2D eigenvalue weighted by molar-refractivity contribution is 5.71. The van der Waals surface area contributed by atoms with Gasteiger partial charge < -0.3 is 15.2 Å². The molecular formula is C15H19F2NO3. The minimum Gasteiger partial charge on any atom is -0.496 e. The number of hydrogen-bond donors (Lipinski definition) is 2. The Hall–Kier alpha value is -1.69. The fourth-order valence-corrected chi connectivity index (χ4v) is 2.84. The molecule has 2 rings (SSSR count). The second kappa shape index (κ2) is 5.60. The van der Waals surface area contributed by atoms with Gasteiger partial charge in [-0.25, -0.2) is 8.78 Å². The van der Waals surface area contributed by atoms with E-state index in [0.717, 1.165) is 12.5 Å². The third kappa shape index (κ3) is 3.00. The number of alkyl halides is 2. The number of methoxy groups -OCH3 is 1. The Bertz CT molecular complexity index is 555. The Morgan fingerprint density at radius 2 is 2.14 bits per heavy atom. The number of carboxylic acid groups (broad SMARTS) is 1. The van der Waals surface area contributed by atoms with Crippen molar-refractivity contribution in [1.82, 2.24) is 5.32 Å². The van der Waals surface area contributed by atoms with Crippen LogP contribution in [0.1, 0.15) is 36.1 Å². The lowest BCUT2D eigenvalue weighted by atomic mass is 9.92. The number of hydrogen-bond acceptors (Lipinski definition) is 3. The number of ether oxygens (including phenoxy) is 1. The topological polar surface area (TPSA) is 58.6 Å². The first kappa shape index (κ1) is 15.7. The van der Waals surface area contributed by atoms with Crippen LogP contribution >= 0.6 is 0 Å². The summed E-state index contributed by atoms with van der Waals surface area (Å²) in [5.41, 5.74) is 1.26. The summed E-state index contributed by atoms with van der Waals surface area (Å²) < 4.78 is 32.6. The van der Waals surface area contributed by atoms with Crippen molar-refractivity contribution in [2.24, 2.45) is 5.92 Å². The smallest absolute Gasteiger partial charge is 0.307 e. The van der Waals surface area contributed by atoms with Crippen molar-refractivity contribution < 1.29 is 23.4 Å². The van der Waals surface area contributed by atoms with E-state index in [0.29, 0.717) is 18.5 Å². The summed E-state index contributed by atoms with van der Waals surface area (Å²) in [4.78, 5) is 11.1. The first-order valence-corrected chi connectivity index (χ1v) is 6.77. The summed E-state index contributed by atoms with van der Waals surface area (Å²) in [7, 11) is 1.36. The lowest BCUT2D eigenvalue weighted by Crippen LogP contribution is -2.19. The Labute approximate surface area is 122 Å². The molecule has 6 heteroatoms. The molecule has 0 aromatic heterocycles. The number of carboxylic acids is 1. The molecule has 2 atom stereocenters. The maximum absolute atomic E-state index is 13.7. The number of rotatable bonds is 4. The van der Waals surface area contributed by atoms with Crippen molar-refractivity contribution in [3.8, 4) is 5.75 Å². The highest BCUT2D eigenvalue weighted by Crippen LogP contribution is 2.42. The second-order valence-electron chi connectivity index (χ2n) is 5.50. The van der Waals surface area contributed by atoms with Crippen molar-refractivity contribution in [2.45, 2.75) is 32.2 Å². The lowest BCUT2D eigenvalue weighted by molar-refractivity contribution is -0.141. The quantitative estimate of drug-likeness (QED) is 0.897. The van der Waals surface area contributed by atoms with E-state index in [1.54, 1.807) is 6.07 Å². The van der Waals surface area contributed by atoms with Crippen LogP contribution in [0.4, 0.5) is 8.78 Å². The van der Waals surface area contributed by atoms with Crippen LogP contribution in [-0.2, 0) is 10.7 Å². The minimum absolute atomic E-state index is 0.144. The van der Waals surface area contributed by atoms with E-state index in [1.807, 2.05) is 6.92 Å². The predicted octanol–water partition coefficient (Wildman–Crippen LogP) is 2.85. The van der Waals surface area contributed by atoms with E-state index in [4.69, 9.17) is 9.84 Å². The number of nitrogens with one attached hydrogen (secondary N) is 1. The molecule has 21 heavy (non-hydrogen) atoms. The van der Waals surface area contributed by atoms with Gasteiger partial charge in [0.05, 0.1) is 18.6 Å². The van der Waals surface area contributed by atoms with Crippen molar-refractivity contribution in [1.29, 1.82) is 0 Å². The summed E-state index contributed by atoms with van der Waals surface area (Å²) in [5.74, 6) is -4.26. The molecule has 1 aliphatic heterocycles. The summed E-state index contributed by atoms with van der Waals surface area (Å²) >= 11 is 0. The minimum atomic E-state index is -3.02. The third-order valence-electron chi connectivity index (χ3n) is 3.92. The third-order valence-corrected chi connectivity index (χ3v) is 3.92. The fraction of sp³-hybridized carbons (Fsp3) is 0.533. The van der Waals surface area contributed by atoms with E-state index >= 15 is 0 Å². The van der Waals surface area contributed by atoms with Crippen molar-refractivity contribution in [3.63, 3.8) is 0 Å². The van der Waals surface area contributed by atoms with Crippen molar-refractivity contribution in [3.05, 3.63) is 28.8 Å². The number of aryl methyl sites for hydroxylation is 1. The Morgan fingerprint density at radius 1 is 1.48 bits per heavy atom. The molecule has 0 radical (unpaired) electrons. The van der Waals surface area contributed by atoms with Crippen molar-refractivity contribution in [2.75, 3.05) is 13.7 Å². The summed E-state index contributed by atoms with van der Waals surface area (Å²) in [6.45, 7) is 2.96. The van der Waals surface area contributed by atoms with Gasteiger partial charge in [0.25, 0.3) is 5.92 Å².